The summed E-state index contributed by atoms with van der Waals surface area (Å²) in [5.74, 6) is -0.424. The smallest absolute Gasteiger partial charge is 0.255 e. The van der Waals surface area contributed by atoms with Crippen LogP contribution in [-0.4, -0.2) is 32.0 Å². The highest BCUT2D eigenvalue weighted by molar-refractivity contribution is 6.07. The average Bonchev–Trinajstić information content (AvgIpc) is 3.22. The zero-order chi connectivity index (χ0) is 19.9. The van der Waals surface area contributed by atoms with E-state index >= 15 is 0 Å². The number of hydrogen-bond donors (Lipinski definition) is 2. The summed E-state index contributed by atoms with van der Waals surface area (Å²) in [7, 11) is 0. The lowest BCUT2D eigenvalue weighted by Gasteiger charge is -2.14. The number of benzene rings is 2. The van der Waals surface area contributed by atoms with Gasteiger partial charge in [0.15, 0.2) is 0 Å². The summed E-state index contributed by atoms with van der Waals surface area (Å²) in [4.78, 5) is 24.8. The van der Waals surface area contributed by atoms with Crippen LogP contribution in [0.2, 0.25) is 0 Å². The van der Waals surface area contributed by atoms with E-state index in [2.05, 4.69) is 26.2 Å². The standard InChI is InChI=1S/C20H22N6O2/c1-3-14(2)19(27)22-17-6-4-5-7-18(17)23-20(28)16-10-8-15(9-11-16)12-26-13-21-24-25-26/h4-11,13-14H,3,12H2,1-2H3,(H,22,27)(H,23,28). The molecule has 28 heavy (non-hydrogen) atoms. The molecule has 0 radical (unpaired) electrons. The third-order valence-electron chi connectivity index (χ3n) is 4.45. The Balaban J connectivity index is 1.68. The van der Waals surface area contributed by atoms with E-state index in [9.17, 15) is 9.59 Å². The van der Waals surface area contributed by atoms with Crippen molar-refractivity contribution >= 4 is 23.2 Å². The topological polar surface area (TPSA) is 102 Å². The van der Waals surface area contributed by atoms with Crippen molar-refractivity contribution in [3.63, 3.8) is 0 Å². The summed E-state index contributed by atoms with van der Waals surface area (Å²) < 4.78 is 1.60. The number of para-hydroxylation sites is 2. The van der Waals surface area contributed by atoms with E-state index in [0.717, 1.165) is 12.0 Å². The van der Waals surface area contributed by atoms with E-state index in [1.54, 1.807) is 28.9 Å². The van der Waals surface area contributed by atoms with Crippen molar-refractivity contribution in [3.05, 3.63) is 66.0 Å². The Kier molecular flexibility index (Phi) is 6.11. The molecule has 2 aromatic carbocycles. The predicted octanol–water partition coefficient (Wildman–Crippen LogP) is 2.96. The molecule has 0 bridgehead atoms. The van der Waals surface area contributed by atoms with Gasteiger partial charge in [-0.3, -0.25) is 9.59 Å². The fraction of sp³-hybridized carbons (Fsp3) is 0.250. The number of carbonyl (C=O) groups is 2. The molecule has 0 spiro atoms. The van der Waals surface area contributed by atoms with Gasteiger partial charge in [0.1, 0.15) is 6.33 Å². The van der Waals surface area contributed by atoms with Gasteiger partial charge in [0.25, 0.3) is 5.91 Å². The van der Waals surface area contributed by atoms with Crippen molar-refractivity contribution < 1.29 is 9.59 Å². The molecule has 8 heteroatoms. The fourth-order valence-electron chi connectivity index (χ4n) is 2.54. The van der Waals surface area contributed by atoms with Crippen LogP contribution in [0.5, 0.6) is 0 Å². The molecule has 1 atom stereocenters. The summed E-state index contributed by atoms with van der Waals surface area (Å²) in [6, 6.07) is 14.4. The van der Waals surface area contributed by atoms with E-state index in [0.29, 0.717) is 23.5 Å². The number of rotatable bonds is 7. The van der Waals surface area contributed by atoms with Crippen LogP contribution in [0.1, 0.15) is 36.2 Å². The van der Waals surface area contributed by atoms with Gasteiger partial charge < -0.3 is 10.6 Å². The normalized spacial score (nSPS) is 11.6. The molecule has 1 unspecified atom stereocenters. The van der Waals surface area contributed by atoms with Gasteiger partial charge in [-0.2, -0.15) is 0 Å². The Morgan fingerprint density at radius 1 is 1.04 bits per heavy atom. The largest absolute Gasteiger partial charge is 0.324 e. The maximum Gasteiger partial charge on any atom is 0.255 e. The molecule has 2 N–H and O–H groups in total. The summed E-state index contributed by atoms with van der Waals surface area (Å²) in [5, 5.41) is 16.7. The van der Waals surface area contributed by atoms with Crippen LogP contribution >= 0.6 is 0 Å². The first-order chi connectivity index (χ1) is 13.6. The minimum atomic E-state index is -0.251. The van der Waals surface area contributed by atoms with Gasteiger partial charge in [0.2, 0.25) is 5.91 Å². The zero-order valence-electron chi connectivity index (χ0n) is 15.8. The van der Waals surface area contributed by atoms with Crippen LogP contribution in [0.25, 0.3) is 0 Å². The zero-order valence-corrected chi connectivity index (χ0v) is 15.8. The predicted molar refractivity (Wildman–Crippen MR) is 106 cm³/mol. The van der Waals surface area contributed by atoms with E-state index in [4.69, 9.17) is 0 Å². The molecule has 3 rings (SSSR count). The van der Waals surface area contributed by atoms with Crippen LogP contribution in [0, 0.1) is 5.92 Å². The number of nitrogens with one attached hydrogen (secondary N) is 2. The highest BCUT2D eigenvalue weighted by Crippen LogP contribution is 2.23. The van der Waals surface area contributed by atoms with Gasteiger partial charge >= 0.3 is 0 Å². The number of tetrazole rings is 1. The lowest BCUT2D eigenvalue weighted by Crippen LogP contribution is -2.21. The Labute approximate surface area is 163 Å². The highest BCUT2D eigenvalue weighted by atomic mass is 16.2. The molecule has 0 saturated heterocycles. The van der Waals surface area contributed by atoms with Crippen LogP contribution in [0.15, 0.2) is 54.9 Å². The molecule has 8 nitrogen and oxygen atoms in total. The molecule has 0 aliphatic heterocycles. The first-order valence-electron chi connectivity index (χ1n) is 9.07. The summed E-state index contributed by atoms with van der Waals surface area (Å²) >= 11 is 0. The number of aromatic nitrogens is 4. The first-order valence-corrected chi connectivity index (χ1v) is 9.07. The van der Waals surface area contributed by atoms with Gasteiger partial charge in [0.05, 0.1) is 17.9 Å². The Hall–Kier alpha value is -3.55. The minimum absolute atomic E-state index is 0.0730. The second kappa shape index (κ2) is 8.90. The molecule has 1 heterocycles. The lowest BCUT2D eigenvalue weighted by molar-refractivity contribution is -0.119. The number of amides is 2. The maximum atomic E-state index is 12.6. The molecule has 1 aromatic heterocycles. The van der Waals surface area contributed by atoms with Crippen molar-refractivity contribution in [3.8, 4) is 0 Å². The van der Waals surface area contributed by atoms with Crippen molar-refractivity contribution in [2.75, 3.05) is 10.6 Å². The summed E-state index contributed by atoms with van der Waals surface area (Å²) in [5.41, 5.74) is 2.63. The molecular weight excluding hydrogens is 356 g/mol. The van der Waals surface area contributed by atoms with E-state index in [1.165, 1.54) is 6.33 Å². The maximum absolute atomic E-state index is 12.6. The third kappa shape index (κ3) is 4.79. The molecular formula is C20H22N6O2. The van der Waals surface area contributed by atoms with E-state index in [1.807, 2.05) is 38.1 Å². The molecule has 2 amide bonds. The lowest BCUT2D eigenvalue weighted by atomic mass is 10.1. The fourth-order valence-corrected chi connectivity index (χ4v) is 2.54. The highest BCUT2D eigenvalue weighted by Gasteiger charge is 2.14. The molecule has 0 aliphatic carbocycles. The van der Waals surface area contributed by atoms with Crippen molar-refractivity contribution in [2.45, 2.75) is 26.8 Å². The van der Waals surface area contributed by atoms with Crippen LogP contribution < -0.4 is 10.6 Å². The van der Waals surface area contributed by atoms with Gasteiger partial charge in [-0.05, 0) is 46.7 Å². The molecule has 3 aromatic rings. The van der Waals surface area contributed by atoms with Gasteiger partial charge in [0, 0.05) is 11.5 Å². The van der Waals surface area contributed by atoms with Gasteiger partial charge in [-0.15, -0.1) is 5.10 Å². The average molecular weight is 378 g/mol. The Morgan fingerprint density at radius 3 is 2.32 bits per heavy atom. The first kappa shape index (κ1) is 19.2. The molecule has 0 fully saturated rings. The number of hydrogen-bond acceptors (Lipinski definition) is 5. The second-order valence-corrected chi connectivity index (χ2v) is 6.50. The molecule has 144 valence electrons. The summed E-state index contributed by atoms with van der Waals surface area (Å²) in [6.45, 7) is 4.35. The summed E-state index contributed by atoms with van der Waals surface area (Å²) in [6.07, 6.45) is 2.28. The molecule has 0 aliphatic rings. The van der Waals surface area contributed by atoms with Crippen LogP contribution in [0.4, 0.5) is 11.4 Å². The second-order valence-electron chi connectivity index (χ2n) is 6.50. The van der Waals surface area contributed by atoms with Crippen molar-refractivity contribution in [2.24, 2.45) is 5.92 Å². The van der Waals surface area contributed by atoms with Crippen molar-refractivity contribution in [1.82, 2.24) is 20.2 Å². The minimum Gasteiger partial charge on any atom is -0.324 e. The van der Waals surface area contributed by atoms with Crippen LogP contribution in [-0.2, 0) is 11.3 Å². The van der Waals surface area contributed by atoms with E-state index in [-0.39, 0.29) is 17.7 Å². The number of anilines is 2. The Bertz CT molecular complexity index is 938. The SMILES string of the molecule is CCC(C)C(=O)Nc1ccccc1NC(=O)c1ccc(Cn2cnnn2)cc1. The number of nitrogens with zero attached hydrogens (tertiary/aromatic N) is 4. The van der Waals surface area contributed by atoms with Crippen molar-refractivity contribution in [1.29, 1.82) is 0 Å². The monoisotopic (exact) mass is 378 g/mol. The third-order valence-corrected chi connectivity index (χ3v) is 4.45. The Morgan fingerprint density at radius 2 is 1.71 bits per heavy atom. The van der Waals surface area contributed by atoms with Gasteiger partial charge in [-0.25, -0.2) is 4.68 Å². The van der Waals surface area contributed by atoms with E-state index < -0.39 is 0 Å². The molecule has 0 saturated carbocycles. The quantitative estimate of drug-likeness (QED) is 0.658. The van der Waals surface area contributed by atoms with Crippen LogP contribution in [0.3, 0.4) is 0 Å². The number of carbonyl (C=O) groups excluding carboxylic acids is 2. The van der Waals surface area contributed by atoms with Gasteiger partial charge in [-0.1, -0.05) is 38.1 Å².